The molecule has 174 valence electrons. The van der Waals surface area contributed by atoms with Crippen LogP contribution >= 0.6 is 0 Å². The second kappa shape index (κ2) is 10.1. The van der Waals surface area contributed by atoms with Crippen molar-refractivity contribution in [2.24, 2.45) is 4.99 Å². The zero-order valence-electron chi connectivity index (χ0n) is 19.5. The van der Waals surface area contributed by atoms with Crippen LogP contribution in [-0.4, -0.2) is 46.1 Å². The zero-order valence-corrected chi connectivity index (χ0v) is 19.5. The molecule has 1 unspecified atom stereocenters. The number of fused-ring (bicyclic) bond motifs is 2. The second-order valence-electron chi connectivity index (χ2n) is 8.95. The number of aryl methyl sites for hydroxylation is 1. The van der Waals surface area contributed by atoms with Crippen LogP contribution < -0.4 is 10.6 Å². The van der Waals surface area contributed by atoms with Crippen molar-refractivity contribution in [1.82, 2.24) is 14.9 Å². The van der Waals surface area contributed by atoms with Gasteiger partial charge >= 0.3 is 0 Å². The molecule has 0 fully saturated rings. The Morgan fingerprint density at radius 1 is 1.09 bits per heavy atom. The van der Waals surface area contributed by atoms with E-state index in [0.717, 1.165) is 50.4 Å². The van der Waals surface area contributed by atoms with Crippen molar-refractivity contribution in [3.05, 3.63) is 77.7 Å². The van der Waals surface area contributed by atoms with Gasteiger partial charge in [0.05, 0.1) is 29.3 Å². The summed E-state index contributed by atoms with van der Waals surface area (Å²) in [6.07, 6.45) is 7.88. The molecule has 1 aliphatic heterocycles. The molecule has 0 saturated carbocycles. The van der Waals surface area contributed by atoms with Gasteiger partial charge in [-0.25, -0.2) is 4.98 Å². The van der Waals surface area contributed by atoms with Gasteiger partial charge in [-0.05, 0) is 54.7 Å². The van der Waals surface area contributed by atoms with E-state index in [1.165, 1.54) is 35.9 Å². The molecule has 7 heteroatoms. The molecule has 1 aliphatic carbocycles. The fourth-order valence-corrected chi connectivity index (χ4v) is 4.91. The molecule has 7 nitrogen and oxygen atoms in total. The number of para-hydroxylation sites is 1. The summed E-state index contributed by atoms with van der Waals surface area (Å²) < 4.78 is 0. The molecule has 1 atom stereocenters. The Morgan fingerprint density at radius 3 is 2.79 bits per heavy atom. The summed E-state index contributed by atoms with van der Waals surface area (Å²) in [5.41, 5.74) is 6.89. The Hall–Kier alpha value is -3.58. The molecule has 34 heavy (non-hydrogen) atoms. The lowest BCUT2D eigenvalue weighted by Crippen LogP contribution is -2.39. The van der Waals surface area contributed by atoms with Gasteiger partial charge in [0.25, 0.3) is 0 Å². The maximum atomic E-state index is 11.2. The predicted molar refractivity (Wildman–Crippen MR) is 136 cm³/mol. The summed E-state index contributed by atoms with van der Waals surface area (Å²) in [5.74, 6) is 0.693. The SMILES string of the molecule is CC(=O)Nc1ccc(NCCN(CC2=Nc3ccccc3C2)C2CCCc3cccnc32)nc1. The number of nitrogens with one attached hydrogen (secondary N) is 2. The Kier molecular flexibility index (Phi) is 6.62. The van der Waals surface area contributed by atoms with Gasteiger partial charge in [0.15, 0.2) is 0 Å². The van der Waals surface area contributed by atoms with Crippen LogP contribution in [0.25, 0.3) is 0 Å². The molecule has 0 radical (unpaired) electrons. The van der Waals surface area contributed by atoms with Gasteiger partial charge in [-0.15, -0.1) is 0 Å². The van der Waals surface area contributed by atoms with Crippen molar-refractivity contribution < 1.29 is 4.79 Å². The number of rotatable bonds is 8. The van der Waals surface area contributed by atoms with E-state index in [-0.39, 0.29) is 11.9 Å². The smallest absolute Gasteiger partial charge is 0.221 e. The molecule has 0 spiro atoms. The van der Waals surface area contributed by atoms with Crippen LogP contribution in [0.2, 0.25) is 0 Å². The number of amides is 1. The molecule has 2 aliphatic rings. The number of carbonyl (C=O) groups excluding carboxylic acids is 1. The lowest BCUT2D eigenvalue weighted by atomic mass is 9.90. The number of hydrogen-bond donors (Lipinski definition) is 2. The standard InChI is InChI=1S/C27H30N6O/c1-19(34)31-22-11-12-26(30-17-22)28-14-15-33(18-23-16-21-6-2-3-9-24(21)32-23)25-10-4-7-20-8-5-13-29-27(20)25/h2-3,5-6,8-9,11-13,17,25H,4,7,10,14-16,18H2,1H3,(H,28,30)(H,31,34). The van der Waals surface area contributed by atoms with Gasteiger partial charge in [-0.3, -0.25) is 19.7 Å². The van der Waals surface area contributed by atoms with Crippen LogP contribution in [-0.2, 0) is 17.6 Å². The fraction of sp³-hybridized carbons (Fsp3) is 0.333. The third kappa shape index (κ3) is 5.15. The van der Waals surface area contributed by atoms with E-state index in [0.29, 0.717) is 5.69 Å². The number of anilines is 2. The summed E-state index contributed by atoms with van der Waals surface area (Å²) in [6, 6.07) is 16.7. The maximum absolute atomic E-state index is 11.2. The van der Waals surface area contributed by atoms with Crippen molar-refractivity contribution in [2.45, 2.75) is 38.6 Å². The molecule has 5 rings (SSSR count). The number of pyridine rings is 2. The lowest BCUT2D eigenvalue weighted by molar-refractivity contribution is -0.114. The Labute approximate surface area is 200 Å². The number of carbonyl (C=O) groups is 1. The van der Waals surface area contributed by atoms with Crippen molar-refractivity contribution in [1.29, 1.82) is 0 Å². The minimum atomic E-state index is -0.100. The molecule has 1 amide bonds. The van der Waals surface area contributed by atoms with E-state index >= 15 is 0 Å². The predicted octanol–water partition coefficient (Wildman–Crippen LogP) is 4.56. The topological polar surface area (TPSA) is 82.5 Å². The van der Waals surface area contributed by atoms with Gasteiger partial charge in [0.2, 0.25) is 5.91 Å². The number of aliphatic imine (C=N–C) groups is 1. The molecule has 1 aromatic carbocycles. The normalized spacial score (nSPS) is 16.5. The van der Waals surface area contributed by atoms with E-state index in [9.17, 15) is 4.79 Å². The number of benzene rings is 1. The average molecular weight is 455 g/mol. The largest absolute Gasteiger partial charge is 0.369 e. The number of nitrogens with zero attached hydrogens (tertiary/aromatic N) is 4. The van der Waals surface area contributed by atoms with Crippen LogP contribution in [0, 0.1) is 0 Å². The quantitative estimate of drug-likeness (QED) is 0.522. The van der Waals surface area contributed by atoms with Gasteiger partial charge < -0.3 is 10.6 Å². The fourth-order valence-electron chi connectivity index (χ4n) is 4.91. The summed E-state index contributed by atoms with van der Waals surface area (Å²) in [4.78, 5) is 27.9. The van der Waals surface area contributed by atoms with Crippen molar-refractivity contribution in [2.75, 3.05) is 30.3 Å². The highest BCUT2D eigenvalue weighted by Gasteiger charge is 2.28. The summed E-state index contributed by atoms with van der Waals surface area (Å²) >= 11 is 0. The first-order valence-electron chi connectivity index (χ1n) is 12.0. The molecule has 3 heterocycles. The number of hydrogen-bond acceptors (Lipinski definition) is 6. The molecular weight excluding hydrogens is 424 g/mol. The minimum Gasteiger partial charge on any atom is -0.369 e. The third-order valence-electron chi connectivity index (χ3n) is 6.45. The van der Waals surface area contributed by atoms with E-state index in [4.69, 9.17) is 9.98 Å². The van der Waals surface area contributed by atoms with Gasteiger partial charge in [0.1, 0.15) is 5.82 Å². The molecule has 0 saturated heterocycles. The molecule has 2 N–H and O–H groups in total. The van der Waals surface area contributed by atoms with Gasteiger partial charge in [-0.2, -0.15) is 0 Å². The number of aromatic nitrogens is 2. The highest BCUT2D eigenvalue weighted by molar-refractivity contribution is 5.95. The third-order valence-corrected chi connectivity index (χ3v) is 6.45. The van der Waals surface area contributed by atoms with E-state index < -0.39 is 0 Å². The average Bonchev–Trinajstić information content (AvgIpc) is 3.26. The van der Waals surface area contributed by atoms with Gasteiger partial charge in [0, 0.05) is 44.9 Å². The van der Waals surface area contributed by atoms with Gasteiger partial charge in [-0.1, -0.05) is 24.3 Å². The first kappa shape index (κ1) is 22.2. The highest BCUT2D eigenvalue weighted by Crippen LogP contribution is 2.34. The van der Waals surface area contributed by atoms with Crippen LogP contribution in [0.5, 0.6) is 0 Å². The Balaban J connectivity index is 1.29. The van der Waals surface area contributed by atoms with E-state index in [1.54, 1.807) is 6.20 Å². The first-order chi connectivity index (χ1) is 16.7. The van der Waals surface area contributed by atoms with Crippen LogP contribution in [0.15, 0.2) is 65.9 Å². The lowest BCUT2D eigenvalue weighted by Gasteiger charge is -2.35. The highest BCUT2D eigenvalue weighted by atomic mass is 16.1. The van der Waals surface area contributed by atoms with Crippen molar-refractivity contribution >= 4 is 28.8 Å². The molecule has 2 aromatic heterocycles. The van der Waals surface area contributed by atoms with Crippen molar-refractivity contribution in [3.63, 3.8) is 0 Å². The van der Waals surface area contributed by atoms with Crippen molar-refractivity contribution in [3.8, 4) is 0 Å². The molecule has 0 bridgehead atoms. The Bertz CT molecular complexity index is 1190. The van der Waals surface area contributed by atoms with Crippen LogP contribution in [0.1, 0.15) is 42.6 Å². The molecular formula is C27H30N6O. The van der Waals surface area contributed by atoms with Crippen LogP contribution in [0.3, 0.4) is 0 Å². The summed E-state index contributed by atoms with van der Waals surface area (Å²) in [5, 5.41) is 6.18. The summed E-state index contributed by atoms with van der Waals surface area (Å²) in [7, 11) is 0. The Morgan fingerprint density at radius 2 is 1.97 bits per heavy atom. The second-order valence-corrected chi connectivity index (χ2v) is 8.95. The summed E-state index contributed by atoms with van der Waals surface area (Å²) in [6.45, 7) is 3.93. The maximum Gasteiger partial charge on any atom is 0.221 e. The monoisotopic (exact) mass is 454 g/mol. The molecule has 3 aromatic rings. The minimum absolute atomic E-state index is 0.100. The zero-order chi connectivity index (χ0) is 23.3. The van der Waals surface area contributed by atoms with E-state index in [2.05, 4.69) is 50.8 Å². The first-order valence-corrected chi connectivity index (χ1v) is 12.0. The van der Waals surface area contributed by atoms with E-state index in [1.807, 2.05) is 24.4 Å². The van der Waals surface area contributed by atoms with Crippen LogP contribution in [0.4, 0.5) is 17.2 Å².